The molecule has 0 spiro atoms. The number of nitriles is 1. The van der Waals surface area contributed by atoms with Gasteiger partial charge >= 0.3 is 12.4 Å². The Kier molecular flexibility index (Phi) is 11.7. The average molecular weight is 522 g/mol. The fraction of sp³-hybridized carbons (Fsp3) is 0.565. The van der Waals surface area contributed by atoms with E-state index in [1.54, 1.807) is 0 Å². The smallest absolute Gasteiger partial charge is 0.370 e. The standard InChI is InChI=1S/C21H24F6N4O.C2H5NO/c1-3-5-6-7-14(4-2)19-29-18(30-32-19)12-31(13-20(22,23)24)16-9-8-15(11-28)17(10-16)21(25,26)27;1-2(3)4/h8-10,14H,3-7,12-13H2,1-2H3;1H3,(H2,3,4). The molecule has 1 unspecified atom stereocenters. The number of unbranched alkanes of at least 4 members (excludes halogenated alkanes) is 2. The third-order valence-corrected chi connectivity index (χ3v) is 4.98. The van der Waals surface area contributed by atoms with Crippen molar-refractivity contribution in [2.75, 3.05) is 11.4 Å². The number of amides is 1. The lowest BCUT2D eigenvalue weighted by Crippen LogP contribution is -2.34. The minimum absolute atomic E-state index is 0.0365. The number of rotatable bonds is 10. The van der Waals surface area contributed by atoms with Gasteiger partial charge < -0.3 is 15.2 Å². The molecule has 0 aliphatic heterocycles. The number of hydrogen-bond acceptors (Lipinski definition) is 6. The van der Waals surface area contributed by atoms with Gasteiger partial charge in [0.1, 0.15) is 6.54 Å². The summed E-state index contributed by atoms with van der Waals surface area (Å²) in [6.07, 6.45) is -5.08. The quantitative estimate of drug-likeness (QED) is 0.299. The highest BCUT2D eigenvalue weighted by Gasteiger charge is 2.36. The lowest BCUT2D eigenvalue weighted by Gasteiger charge is -2.25. The van der Waals surface area contributed by atoms with E-state index in [0.29, 0.717) is 23.3 Å². The van der Waals surface area contributed by atoms with Gasteiger partial charge in [0, 0.05) is 18.5 Å². The molecule has 36 heavy (non-hydrogen) atoms. The number of anilines is 1. The van der Waals surface area contributed by atoms with Crippen molar-refractivity contribution in [1.29, 1.82) is 5.26 Å². The fourth-order valence-corrected chi connectivity index (χ4v) is 3.33. The maximum absolute atomic E-state index is 13.3. The number of carbonyl (C=O) groups is 1. The average Bonchev–Trinajstić information content (AvgIpc) is 3.22. The molecular weight excluding hydrogens is 492 g/mol. The Morgan fingerprint density at radius 1 is 1.19 bits per heavy atom. The van der Waals surface area contributed by atoms with Crippen molar-refractivity contribution in [3.63, 3.8) is 0 Å². The van der Waals surface area contributed by atoms with Crippen molar-refractivity contribution >= 4 is 11.6 Å². The van der Waals surface area contributed by atoms with Crippen LogP contribution in [0, 0.1) is 11.3 Å². The predicted octanol–water partition coefficient (Wildman–Crippen LogP) is 6.09. The number of alkyl halides is 6. The molecule has 0 fully saturated rings. The van der Waals surface area contributed by atoms with E-state index in [2.05, 4.69) is 22.8 Å². The van der Waals surface area contributed by atoms with Gasteiger partial charge in [0.2, 0.25) is 11.8 Å². The second-order valence-corrected chi connectivity index (χ2v) is 8.07. The highest BCUT2D eigenvalue weighted by atomic mass is 19.4. The van der Waals surface area contributed by atoms with Crippen molar-refractivity contribution in [2.45, 2.75) is 77.7 Å². The van der Waals surface area contributed by atoms with Gasteiger partial charge in [0.25, 0.3) is 0 Å². The Hall–Kier alpha value is -3.30. The van der Waals surface area contributed by atoms with Gasteiger partial charge in [-0.15, -0.1) is 0 Å². The molecule has 0 saturated heterocycles. The molecule has 1 atom stereocenters. The van der Waals surface area contributed by atoms with Crippen molar-refractivity contribution in [3.8, 4) is 6.07 Å². The van der Waals surface area contributed by atoms with Gasteiger partial charge in [-0.2, -0.15) is 36.6 Å². The van der Waals surface area contributed by atoms with E-state index in [-0.39, 0.29) is 23.3 Å². The van der Waals surface area contributed by atoms with Crippen LogP contribution in [-0.2, 0) is 17.5 Å². The van der Waals surface area contributed by atoms with E-state index in [1.165, 1.54) is 13.0 Å². The number of primary amides is 1. The number of nitrogens with two attached hydrogens (primary N) is 1. The Balaban J connectivity index is 0.00000150. The number of aromatic nitrogens is 2. The second-order valence-electron chi connectivity index (χ2n) is 8.07. The number of carbonyl (C=O) groups excluding carboxylic acids is 1. The van der Waals surface area contributed by atoms with E-state index in [0.717, 1.165) is 37.8 Å². The molecule has 0 bridgehead atoms. The molecule has 2 rings (SSSR count). The van der Waals surface area contributed by atoms with Gasteiger partial charge in [0.05, 0.1) is 23.7 Å². The molecular formula is C23H29F6N5O2. The van der Waals surface area contributed by atoms with E-state index in [4.69, 9.17) is 9.78 Å². The lowest BCUT2D eigenvalue weighted by atomic mass is 9.99. The van der Waals surface area contributed by atoms with Crippen molar-refractivity contribution < 1.29 is 35.7 Å². The molecule has 0 aliphatic carbocycles. The van der Waals surface area contributed by atoms with Crippen LogP contribution in [0.5, 0.6) is 0 Å². The van der Waals surface area contributed by atoms with Gasteiger partial charge in [-0.1, -0.05) is 38.3 Å². The maximum Gasteiger partial charge on any atom is 0.417 e. The molecule has 0 saturated carbocycles. The fourth-order valence-electron chi connectivity index (χ4n) is 3.33. The monoisotopic (exact) mass is 521 g/mol. The predicted molar refractivity (Wildman–Crippen MR) is 120 cm³/mol. The summed E-state index contributed by atoms with van der Waals surface area (Å²) in [7, 11) is 0. The minimum atomic E-state index is -4.89. The summed E-state index contributed by atoms with van der Waals surface area (Å²) in [4.78, 5) is 14.1. The third kappa shape index (κ3) is 10.5. The zero-order valence-electron chi connectivity index (χ0n) is 20.2. The van der Waals surface area contributed by atoms with Crippen LogP contribution in [0.25, 0.3) is 0 Å². The lowest BCUT2D eigenvalue weighted by molar-refractivity contribution is -0.137. The van der Waals surface area contributed by atoms with Crippen molar-refractivity contribution in [2.24, 2.45) is 5.73 Å². The molecule has 1 aromatic heterocycles. The summed E-state index contributed by atoms with van der Waals surface area (Å²) >= 11 is 0. The molecule has 13 heteroatoms. The molecule has 2 N–H and O–H groups in total. The zero-order valence-corrected chi connectivity index (χ0v) is 20.2. The number of benzene rings is 1. The highest BCUT2D eigenvalue weighted by molar-refractivity contribution is 5.70. The largest absolute Gasteiger partial charge is 0.417 e. The van der Waals surface area contributed by atoms with Gasteiger partial charge in [-0.3, -0.25) is 4.79 Å². The molecule has 1 heterocycles. The molecule has 1 amide bonds. The van der Waals surface area contributed by atoms with Gasteiger partial charge in [-0.25, -0.2) is 0 Å². The number of hydrogen-bond donors (Lipinski definition) is 1. The van der Waals surface area contributed by atoms with Gasteiger partial charge in [-0.05, 0) is 31.0 Å². The van der Waals surface area contributed by atoms with Gasteiger partial charge in [0.15, 0.2) is 5.82 Å². The summed E-state index contributed by atoms with van der Waals surface area (Å²) in [5, 5.41) is 12.7. The van der Waals surface area contributed by atoms with Crippen LogP contribution in [-0.4, -0.2) is 28.8 Å². The zero-order chi connectivity index (χ0) is 27.5. The first-order valence-electron chi connectivity index (χ1n) is 11.2. The first-order chi connectivity index (χ1) is 16.7. The maximum atomic E-state index is 13.3. The number of halogens is 6. The molecule has 200 valence electrons. The van der Waals surface area contributed by atoms with Crippen LogP contribution in [0.3, 0.4) is 0 Å². The van der Waals surface area contributed by atoms with Crippen LogP contribution < -0.4 is 10.6 Å². The normalized spacial score (nSPS) is 12.3. The Bertz CT molecular complexity index is 1010. The third-order valence-electron chi connectivity index (χ3n) is 4.98. The van der Waals surface area contributed by atoms with E-state index in [9.17, 15) is 31.1 Å². The molecule has 7 nitrogen and oxygen atoms in total. The Morgan fingerprint density at radius 2 is 1.83 bits per heavy atom. The molecule has 1 aromatic carbocycles. The highest BCUT2D eigenvalue weighted by Crippen LogP contribution is 2.35. The first kappa shape index (κ1) is 30.7. The van der Waals surface area contributed by atoms with Crippen molar-refractivity contribution in [1.82, 2.24) is 10.1 Å². The van der Waals surface area contributed by atoms with E-state index >= 15 is 0 Å². The molecule has 0 aliphatic rings. The van der Waals surface area contributed by atoms with E-state index in [1.807, 2.05) is 6.92 Å². The van der Waals surface area contributed by atoms with Crippen LogP contribution in [0.2, 0.25) is 0 Å². The van der Waals surface area contributed by atoms with Crippen LogP contribution in [0.1, 0.15) is 81.6 Å². The van der Waals surface area contributed by atoms with E-state index < -0.39 is 36.6 Å². The summed E-state index contributed by atoms with van der Waals surface area (Å²) in [6, 6.07) is 3.83. The topological polar surface area (TPSA) is 109 Å². The SMILES string of the molecule is CC(N)=O.CCCCCC(CC)c1nc(CN(CC(F)(F)F)c2ccc(C#N)c(C(F)(F)F)c2)no1. The van der Waals surface area contributed by atoms with Crippen LogP contribution in [0.15, 0.2) is 22.7 Å². The first-order valence-corrected chi connectivity index (χ1v) is 11.2. The molecule has 0 radical (unpaired) electrons. The minimum Gasteiger partial charge on any atom is -0.370 e. The molecule has 2 aromatic rings. The Morgan fingerprint density at radius 3 is 2.33 bits per heavy atom. The van der Waals surface area contributed by atoms with Crippen LogP contribution in [0.4, 0.5) is 32.0 Å². The summed E-state index contributed by atoms with van der Waals surface area (Å²) in [5.41, 5.74) is 2.14. The van der Waals surface area contributed by atoms with Crippen LogP contribution >= 0.6 is 0 Å². The Labute approximate surface area is 205 Å². The summed E-state index contributed by atoms with van der Waals surface area (Å²) in [5.74, 6) is -0.122. The second kappa shape index (κ2) is 13.7. The summed E-state index contributed by atoms with van der Waals surface area (Å²) in [6.45, 7) is 3.28. The number of nitrogens with zero attached hydrogens (tertiary/aromatic N) is 4. The van der Waals surface area contributed by atoms with Crippen molar-refractivity contribution in [3.05, 3.63) is 41.0 Å². The summed E-state index contributed by atoms with van der Waals surface area (Å²) < 4.78 is 84.5.